The average Bonchev–Trinajstić information content (AvgIpc) is 2.34. The highest BCUT2D eigenvalue weighted by Crippen LogP contribution is 2.47. The molecule has 0 saturated carbocycles. The lowest BCUT2D eigenvalue weighted by Crippen LogP contribution is -2.31. The average molecular weight is 276 g/mol. The van der Waals surface area contributed by atoms with Crippen LogP contribution >= 0.6 is 0 Å². The van der Waals surface area contributed by atoms with Crippen molar-refractivity contribution in [1.82, 2.24) is 0 Å². The Morgan fingerprint density at radius 2 is 1.90 bits per heavy atom. The number of halogens is 1. The van der Waals surface area contributed by atoms with Crippen molar-refractivity contribution in [2.75, 3.05) is 0 Å². The smallest absolute Gasteiger partial charge is 0.126 e. The number of allylic oxidation sites excluding steroid dienone is 2. The minimum atomic E-state index is -0.139. The Bertz CT molecular complexity index is 551. The van der Waals surface area contributed by atoms with Crippen LogP contribution in [0, 0.1) is 18.2 Å². The number of hydrogen-bond donors (Lipinski definition) is 1. The summed E-state index contributed by atoms with van der Waals surface area (Å²) in [5.41, 5.74) is 2.78. The fraction of sp³-hybridized carbons (Fsp3) is 0.556. The molecule has 1 aromatic carbocycles. The van der Waals surface area contributed by atoms with E-state index in [1.165, 1.54) is 6.07 Å². The summed E-state index contributed by atoms with van der Waals surface area (Å²) in [6.45, 7) is 10.4. The van der Waals surface area contributed by atoms with E-state index in [-0.39, 0.29) is 16.6 Å². The third-order valence-electron chi connectivity index (χ3n) is 4.65. The van der Waals surface area contributed by atoms with E-state index < -0.39 is 0 Å². The maximum atomic E-state index is 13.9. The van der Waals surface area contributed by atoms with Gasteiger partial charge in [0.25, 0.3) is 0 Å². The molecule has 2 rings (SSSR count). The van der Waals surface area contributed by atoms with Gasteiger partial charge in [-0.1, -0.05) is 39.8 Å². The molecule has 0 amide bonds. The minimum Gasteiger partial charge on any atom is -0.512 e. The zero-order valence-corrected chi connectivity index (χ0v) is 13.2. The van der Waals surface area contributed by atoms with E-state index in [2.05, 4.69) is 27.7 Å². The van der Waals surface area contributed by atoms with Crippen LogP contribution in [0.25, 0.3) is 0 Å². The Kier molecular flexibility index (Phi) is 3.70. The molecule has 20 heavy (non-hydrogen) atoms. The van der Waals surface area contributed by atoms with Gasteiger partial charge < -0.3 is 5.11 Å². The van der Waals surface area contributed by atoms with Gasteiger partial charge in [-0.05, 0) is 53.4 Å². The molecule has 0 spiro atoms. The highest BCUT2D eigenvalue weighted by atomic mass is 19.1. The maximum absolute atomic E-state index is 13.9. The van der Waals surface area contributed by atoms with Crippen molar-refractivity contribution in [3.63, 3.8) is 0 Å². The van der Waals surface area contributed by atoms with Gasteiger partial charge in [0.15, 0.2) is 0 Å². The van der Waals surface area contributed by atoms with E-state index in [0.717, 1.165) is 29.5 Å². The highest BCUT2D eigenvalue weighted by Gasteiger charge is 2.37. The molecule has 1 aliphatic rings. The van der Waals surface area contributed by atoms with Crippen molar-refractivity contribution in [2.24, 2.45) is 5.41 Å². The fourth-order valence-electron chi connectivity index (χ4n) is 3.32. The Balaban J connectivity index is 2.46. The van der Waals surface area contributed by atoms with Gasteiger partial charge in [0, 0.05) is 6.42 Å². The fourth-order valence-corrected chi connectivity index (χ4v) is 3.32. The highest BCUT2D eigenvalue weighted by molar-refractivity contribution is 5.38. The molecule has 1 aromatic rings. The first-order valence-corrected chi connectivity index (χ1v) is 7.32. The van der Waals surface area contributed by atoms with Gasteiger partial charge >= 0.3 is 0 Å². The molecule has 0 aromatic heterocycles. The second kappa shape index (κ2) is 4.91. The second-order valence-electron chi connectivity index (χ2n) is 7.33. The van der Waals surface area contributed by atoms with Crippen LogP contribution < -0.4 is 0 Å². The summed E-state index contributed by atoms with van der Waals surface area (Å²) < 4.78 is 13.9. The van der Waals surface area contributed by atoms with Crippen molar-refractivity contribution in [1.29, 1.82) is 0 Å². The topological polar surface area (TPSA) is 20.2 Å². The Morgan fingerprint density at radius 1 is 1.25 bits per heavy atom. The number of hydrogen-bond acceptors (Lipinski definition) is 1. The SMILES string of the molecule is Cc1c(F)cccc1C1(C)CCC(O)=C(C(C)(C)C)C1. The lowest BCUT2D eigenvalue weighted by molar-refractivity contribution is 0.270. The first-order chi connectivity index (χ1) is 9.15. The van der Waals surface area contributed by atoms with Crippen LogP contribution in [0.5, 0.6) is 0 Å². The van der Waals surface area contributed by atoms with Gasteiger partial charge in [-0.3, -0.25) is 0 Å². The summed E-state index contributed by atoms with van der Waals surface area (Å²) in [7, 11) is 0. The Hall–Kier alpha value is -1.31. The van der Waals surface area contributed by atoms with Crippen LogP contribution in [0.1, 0.15) is 58.1 Å². The summed E-state index contributed by atoms with van der Waals surface area (Å²) in [4.78, 5) is 0. The van der Waals surface area contributed by atoms with E-state index in [0.29, 0.717) is 12.2 Å². The summed E-state index contributed by atoms with van der Waals surface area (Å²) >= 11 is 0. The van der Waals surface area contributed by atoms with Gasteiger partial charge in [-0.15, -0.1) is 0 Å². The molecule has 110 valence electrons. The predicted octanol–water partition coefficient (Wildman–Crippen LogP) is 5.43. The van der Waals surface area contributed by atoms with Crippen LogP contribution in [0.3, 0.4) is 0 Å². The third kappa shape index (κ3) is 2.61. The molecule has 0 heterocycles. The molecule has 0 aliphatic heterocycles. The van der Waals surface area contributed by atoms with E-state index >= 15 is 0 Å². The summed E-state index contributed by atoms with van der Waals surface area (Å²) in [6, 6.07) is 5.34. The predicted molar refractivity (Wildman–Crippen MR) is 81.4 cm³/mol. The molecule has 1 aliphatic carbocycles. The Morgan fingerprint density at radius 3 is 2.50 bits per heavy atom. The first kappa shape index (κ1) is 15.1. The number of rotatable bonds is 1. The summed E-state index contributed by atoms with van der Waals surface area (Å²) in [5.74, 6) is 0.392. The molecule has 0 saturated heterocycles. The van der Waals surface area contributed by atoms with E-state index in [1.807, 2.05) is 13.0 Å². The van der Waals surface area contributed by atoms with E-state index in [1.54, 1.807) is 6.07 Å². The molecule has 1 unspecified atom stereocenters. The zero-order valence-electron chi connectivity index (χ0n) is 13.2. The van der Waals surface area contributed by atoms with Crippen molar-refractivity contribution >= 4 is 0 Å². The van der Waals surface area contributed by atoms with Crippen molar-refractivity contribution in [2.45, 2.75) is 59.3 Å². The van der Waals surface area contributed by atoms with Crippen LogP contribution in [0.4, 0.5) is 4.39 Å². The minimum absolute atomic E-state index is 0.0486. The molecular formula is C18H25FO. The van der Waals surface area contributed by atoms with Gasteiger partial charge in [0.2, 0.25) is 0 Å². The van der Waals surface area contributed by atoms with E-state index in [9.17, 15) is 9.50 Å². The quantitative estimate of drug-likeness (QED) is 0.724. The number of aliphatic hydroxyl groups is 1. The lowest BCUT2D eigenvalue weighted by Gasteiger charge is -2.40. The largest absolute Gasteiger partial charge is 0.512 e. The molecule has 1 N–H and O–H groups in total. The van der Waals surface area contributed by atoms with Gasteiger partial charge in [0.1, 0.15) is 5.82 Å². The van der Waals surface area contributed by atoms with Gasteiger partial charge in [-0.25, -0.2) is 4.39 Å². The van der Waals surface area contributed by atoms with Gasteiger partial charge in [0.05, 0.1) is 5.76 Å². The zero-order chi connectivity index (χ0) is 15.1. The standard InChI is InChI=1S/C18H25FO/c1-12-13(7-6-8-15(12)19)18(5)10-9-16(20)14(11-18)17(2,3)4/h6-8,20H,9-11H2,1-5H3. The third-order valence-corrected chi connectivity index (χ3v) is 4.65. The molecule has 2 heteroatoms. The monoisotopic (exact) mass is 276 g/mol. The molecule has 0 fully saturated rings. The number of benzene rings is 1. The first-order valence-electron chi connectivity index (χ1n) is 7.32. The maximum Gasteiger partial charge on any atom is 0.126 e. The van der Waals surface area contributed by atoms with Crippen LogP contribution in [-0.4, -0.2) is 5.11 Å². The van der Waals surface area contributed by atoms with Gasteiger partial charge in [-0.2, -0.15) is 0 Å². The van der Waals surface area contributed by atoms with Crippen LogP contribution in [0.2, 0.25) is 0 Å². The lowest BCUT2D eigenvalue weighted by atomic mass is 9.65. The molecular weight excluding hydrogens is 251 g/mol. The van der Waals surface area contributed by atoms with Crippen LogP contribution in [0.15, 0.2) is 29.5 Å². The molecule has 0 bridgehead atoms. The Labute approximate surface area is 121 Å². The van der Waals surface area contributed by atoms with Crippen molar-refractivity contribution in [3.05, 3.63) is 46.5 Å². The summed E-state index contributed by atoms with van der Waals surface area (Å²) in [6.07, 6.45) is 2.34. The normalized spacial score (nSPS) is 24.1. The molecule has 1 atom stereocenters. The van der Waals surface area contributed by atoms with Crippen LogP contribution in [-0.2, 0) is 5.41 Å². The molecule has 1 nitrogen and oxygen atoms in total. The van der Waals surface area contributed by atoms with E-state index in [4.69, 9.17) is 0 Å². The number of aliphatic hydroxyl groups excluding tert-OH is 1. The second-order valence-corrected chi connectivity index (χ2v) is 7.33. The van der Waals surface area contributed by atoms with Crippen molar-refractivity contribution in [3.8, 4) is 0 Å². The summed E-state index contributed by atoms with van der Waals surface area (Å²) in [5, 5.41) is 10.2. The van der Waals surface area contributed by atoms with Crippen molar-refractivity contribution < 1.29 is 9.50 Å². The molecule has 0 radical (unpaired) electrons.